The number of nitrogens with zero attached hydrogens (tertiary/aromatic N) is 4. The van der Waals surface area contributed by atoms with Crippen molar-refractivity contribution in [2.24, 2.45) is 0 Å². The van der Waals surface area contributed by atoms with Crippen molar-refractivity contribution in [2.75, 3.05) is 7.05 Å². The van der Waals surface area contributed by atoms with Gasteiger partial charge in [0.1, 0.15) is 0 Å². The van der Waals surface area contributed by atoms with Gasteiger partial charge in [0.15, 0.2) is 0 Å². The zero-order valence-corrected chi connectivity index (χ0v) is 12.2. The fraction of sp³-hybridized carbons (Fsp3) is 0.545. The highest BCUT2D eigenvalue weighted by atomic mass is 35.5. The van der Waals surface area contributed by atoms with Crippen molar-refractivity contribution in [1.82, 2.24) is 24.7 Å². The smallest absolute Gasteiger partial charge is 0.0890 e. The molecule has 1 N–H and O–H groups in total. The third kappa shape index (κ3) is 2.28. The van der Waals surface area contributed by atoms with E-state index in [0.717, 1.165) is 29.2 Å². The summed E-state index contributed by atoms with van der Waals surface area (Å²) in [6, 6.07) is -0.00472. The Morgan fingerprint density at radius 3 is 2.89 bits per heavy atom. The van der Waals surface area contributed by atoms with Crippen molar-refractivity contribution in [3.63, 3.8) is 0 Å². The van der Waals surface area contributed by atoms with Crippen molar-refractivity contribution in [3.8, 4) is 0 Å². The summed E-state index contributed by atoms with van der Waals surface area (Å²) in [6.07, 6.45) is 2.55. The van der Waals surface area contributed by atoms with Gasteiger partial charge >= 0.3 is 0 Å². The van der Waals surface area contributed by atoms with Crippen LogP contribution in [-0.2, 0) is 13.0 Å². The van der Waals surface area contributed by atoms with Crippen LogP contribution in [0.4, 0.5) is 0 Å². The molecule has 1 atom stereocenters. The summed E-state index contributed by atoms with van der Waals surface area (Å²) < 4.78 is 5.94. The fourth-order valence-electron chi connectivity index (χ4n) is 1.98. The maximum Gasteiger partial charge on any atom is 0.0890 e. The molecule has 98 valence electrons. The standard InChI is InChI=1S/C11H16ClN5S/c1-4-8-11(18-16-15-8)9(13-3)10-7(12)6-14-17(10)5-2/h6,9,13H,4-5H2,1-3H3. The zero-order valence-electron chi connectivity index (χ0n) is 10.6. The highest BCUT2D eigenvalue weighted by Crippen LogP contribution is 2.31. The van der Waals surface area contributed by atoms with E-state index in [1.807, 2.05) is 18.7 Å². The monoisotopic (exact) mass is 285 g/mol. The lowest BCUT2D eigenvalue weighted by Crippen LogP contribution is -2.22. The lowest BCUT2D eigenvalue weighted by Gasteiger charge is -2.17. The normalized spacial score (nSPS) is 12.9. The van der Waals surface area contributed by atoms with Crippen LogP contribution in [0.3, 0.4) is 0 Å². The average Bonchev–Trinajstić information content (AvgIpc) is 2.98. The first kappa shape index (κ1) is 13.5. The highest BCUT2D eigenvalue weighted by molar-refractivity contribution is 7.05. The topological polar surface area (TPSA) is 55.6 Å². The molecule has 0 saturated heterocycles. The Kier molecular flexibility index (Phi) is 4.31. The number of aryl methyl sites for hydroxylation is 2. The summed E-state index contributed by atoms with van der Waals surface area (Å²) in [4.78, 5) is 1.11. The van der Waals surface area contributed by atoms with E-state index < -0.39 is 0 Å². The van der Waals surface area contributed by atoms with Gasteiger partial charge in [-0.2, -0.15) is 5.10 Å². The highest BCUT2D eigenvalue weighted by Gasteiger charge is 2.24. The van der Waals surface area contributed by atoms with Crippen molar-refractivity contribution < 1.29 is 0 Å². The third-order valence-corrected chi connectivity index (χ3v) is 4.00. The van der Waals surface area contributed by atoms with Gasteiger partial charge in [-0.05, 0) is 31.9 Å². The van der Waals surface area contributed by atoms with E-state index in [4.69, 9.17) is 11.6 Å². The number of halogens is 1. The molecule has 2 aromatic rings. The van der Waals surface area contributed by atoms with E-state index in [1.54, 1.807) is 6.20 Å². The van der Waals surface area contributed by atoms with Gasteiger partial charge in [-0.25, -0.2) is 0 Å². The van der Waals surface area contributed by atoms with Crippen LogP contribution < -0.4 is 5.32 Å². The molecule has 2 heterocycles. The first-order valence-electron chi connectivity index (χ1n) is 5.92. The molecule has 0 spiro atoms. The number of hydrogen-bond donors (Lipinski definition) is 1. The second kappa shape index (κ2) is 5.77. The predicted molar refractivity (Wildman–Crippen MR) is 73.1 cm³/mol. The van der Waals surface area contributed by atoms with Crippen molar-refractivity contribution >= 4 is 23.1 Å². The number of rotatable bonds is 5. The third-order valence-electron chi connectivity index (χ3n) is 2.88. The van der Waals surface area contributed by atoms with Crippen molar-refractivity contribution in [1.29, 1.82) is 0 Å². The van der Waals surface area contributed by atoms with Crippen LogP contribution in [0.15, 0.2) is 6.20 Å². The van der Waals surface area contributed by atoms with Gasteiger partial charge < -0.3 is 5.32 Å². The molecule has 0 aliphatic carbocycles. The van der Waals surface area contributed by atoms with Crippen LogP contribution >= 0.6 is 23.1 Å². The number of hydrogen-bond acceptors (Lipinski definition) is 5. The van der Waals surface area contributed by atoms with Crippen LogP contribution in [0, 0.1) is 0 Å². The average molecular weight is 286 g/mol. The summed E-state index contributed by atoms with van der Waals surface area (Å²) in [6.45, 7) is 4.91. The summed E-state index contributed by atoms with van der Waals surface area (Å²) in [5.74, 6) is 0. The fourth-order valence-corrected chi connectivity index (χ4v) is 3.09. The van der Waals surface area contributed by atoms with Gasteiger partial charge in [0.05, 0.1) is 33.5 Å². The lowest BCUT2D eigenvalue weighted by atomic mass is 10.1. The number of aromatic nitrogens is 4. The Bertz CT molecular complexity index is 521. The molecule has 0 aliphatic heterocycles. The molecule has 0 saturated carbocycles. The minimum absolute atomic E-state index is 0.00472. The second-order valence-corrected chi connectivity index (χ2v) is 5.05. The zero-order chi connectivity index (χ0) is 13.1. The van der Waals surface area contributed by atoms with Gasteiger partial charge in [-0.1, -0.05) is 23.0 Å². The minimum atomic E-state index is -0.00472. The van der Waals surface area contributed by atoms with E-state index in [1.165, 1.54) is 11.5 Å². The first-order chi connectivity index (χ1) is 8.72. The molecule has 0 aromatic carbocycles. The maximum absolute atomic E-state index is 6.25. The first-order valence-corrected chi connectivity index (χ1v) is 7.07. The van der Waals surface area contributed by atoms with Crippen LogP contribution in [0.1, 0.15) is 36.2 Å². The number of nitrogens with one attached hydrogen (secondary N) is 1. The summed E-state index contributed by atoms with van der Waals surface area (Å²) in [7, 11) is 1.91. The maximum atomic E-state index is 6.25. The second-order valence-electron chi connectivity index (χ2n) is 3.85. The molecule has 18 heavy (non-hydrogen) atoms. The van der Waals surface area contributed by atoms with Crippen LogP contribution in [0.25, 0.3) is 0 Å². The van der Waals surface area contributed by atoms with E-state index in [9.17, 15) is 0 Å². The molecular weight excluding hydrogens is 270 g/mol. The van der Waals surface area contributed by atoms with Gasteiger partial charge in [-0.3, -0.25) is 4.68 Å². The van der Waals surface area contributed by atoms with E-state index in [-0.39, 0.29) is 6.04 Å². The van der Waals surface area contributed by atoms with E-state index in [0.29, 0.717) is 5.02 Å². The Balaban J connectivity index is 2.48. The molecule has 0 radical (unpaired) electrons. The molecule has 7 heteroatoms. The molecule has 2 rings (SSSR count). The minimum Gasteiger partial charge on any atom is -0.307 e. The lowest BCUT2D eigenvalue weighted by molar-refractivity contribution is 0.565. The Hall–Kier alpha value is -0.980. The summed E-state index contributed by atoms with van der Waals surface area (Å²) in [5.41, 5.74) is 1.99. The van der Waals surface area contributed by atoms with Crippen molar-refractivity contribution in [3.05, 3.63) is 27.5 Å². The molecule has 0 bridgehead atoms. The van der Waals surface area contributed by atoms with Crippen LogP contribution in [-0.4, -0.2) is 26.4 Å². The SMILES string of the molecule is CCc1nnsc1C(NC)c1c(Cl)cnn1CC. The van der Waals surface area contributed by atoms with Crippen LogP contribution in [0.2, 0.25) is 5.02 Å². The van der Waals surface area contributed by atoms with Gasteiger partial charge in [0.2, 0.25) is 0 Å². The Morgan fingerprint density at radius 1 is 1.50 bits per heavy atom. The molecule has 0 fully saturated rings. The summed E-state index contributed by atoms with van der Waals surface area (Å²) in [5, 5.41) is 12.4. The quantitative estimate of drug-likeness (QED) is 0.916. The predicted octanol–water partition coefficient (Wildman–Crippen LogP) is 2.28. The molecular formula is C11H16ClN5S. The molecule has 1 unspecified atom stereocenters. The molecule has 2 aromatic heterocycles. The van der Waals surface area contributed by atoms with Gasteiger partial charge in [0.25, 0.3) is 0 Å². The van der Waals surface area contributed by atoms with E-state index in [2.05, 4.69) is 26.9 Å². The van der Waals surface area contributed by atoms with Gasteiger partial charge in [0, 0.05) is 6.54 Å². The largest absolute Gasteiger partial charge is 0.307 e. The molecule has 5 nitrogen and oxygen atoms in total. The Morgan fingerprint density at radius 2 is 2.28 bits per heavy atom. The Labute approximate surface area is 115 Å². The van der Waals surface area contributed by atoms with Crippen molar-refractivity contribution in [2.45, 2.75) is 32.9 Å². The van der Waals surface area contributed by atoms with E-state index >= 15 is 0 Å². The van der Waals surface area contributed by atoms with Gasteiger partial charge in [-0.15, -0.1) is 5.10 Å². The molecule has 0 aliphatic rings. The molecule has 0 amide bonds. The van der Waals surface area contributed by atoms with Crippen LogP contribution in [0.5, 0.6) is 0 Å². The summed E-state index contributed by atoms with van der Waals surface area (Å²) >= 11 is 7.66.